The number of rotatable bonds is 12. The minimum atomic E-state index is -1.57. The molecule has 1 aromatic rings. The molecule has 6 rings (SSSR count). The average Bonchev–Trinajstić information content (AvgIpc) is 0.818. The van der Waals surface area contributed by atoms with Crippen molar-refractivity contribution >= 4 is 77.7 Å². The Hall–Kier alpha value is -5.17. The SMILES string of the molecule is CC(=O)OC(C)=O.CCC1OC=CC(OC(C)=O)[C@H]1OC(C)=O.CCC1O[C@H](C)C(C)[C@H](OC(C)=O)[C@H]1OC(C)=O.CCC1O[C@H](C)C(NC(C)=O)[C@H](OC(C)=O)[C@H]1OC(C)=O.Cl.Clc1ccccc1.NC1[C@@H](O)OC(CO)[C@H](O)[C@H]1O.OCC1O[C@H](O)C(O)[C@H](O)[C@H]1O.[CH3-].[Zn]. The third-order valence-corrected chi connectivity index (χ3v) is 14.0. The Kier molecular flexibility index (Phi) is 50.8. The number of esters is 8. The molecule has 0 aliphatic carbocycles. The molecule has 0 bridgehead atoms. The van der Waals surface area contributed by atoms with Crippen LogP contribution in [-0.4, -0.2) is 247 Å². The molecule has 4 fully saturated rings. The minimum Gasteiger partial charge on any atom is -0.494 e. The summed E-state index contributed by atoms with van der Waals surface area (Å²) in [5.41, 5.74) is 5.26. The van der Waals surface area contributed by atoms with Gasteiger partial charge < -0.3 is 121 Å². The van der Waals surface area contributed by atoms with E-state index in [9.17, 15) is 53.4 Å². The molecule has 5 aliphatic heterocycles. The fraction of sp³-hybridized carbons (Fsp3) is 0.705. The zero-order valence-corrected chi connectivity index (χ0v) is 61.6. The van der Waals surface area contributed by atoms with E-state index in [2.05, 4.69) is 14.8 Å². The number of benzene rings is 1. The van der Waals surface area contributed by atoms with Crippen LogP contribution >= 0.6 is 24.0 Å². The molecule has 552 valence electrons. The number of hydrogen-bond acceptors (Lipinski definition) is 31. The number of amides is 1. The van der Waals surface area contributed by atoms with Crippen molar-refractivity contribution in [2.24, 2.45) is 11.7 Å². The summed E-state index contributed by atoms with van der Waals surface area (Å²) in [4.78, 5) is 97.9. The summed E-state index contributed by atoms with van der Waals surface area (Å²) in [7, 11) is 0. The first kappa shape index (κ1) is 97.2. The first-order valence-corrected chi connectivity index (χ1v) is 30.1. The zero-order valence-electron chi connectivity index (χ0n) is 57.0. The molecule has 0 spiro atoms. The van der Waals surface area contributed by atoms with Gasteiger partial charge in [0.1, 0.15) is 54.9 Å². The summed E-state index contributed by atoms with van der Waals surface area (Å²) in [5.74, 6) is -3.99. The van der Waals surface area contributed by atoms with Gasteiger partial charge >= 0.3 is 47.8 Å². The Morgan fingerprint density at radius 3 is 1.25 bits per heavy atom. The van der Waals surface area contributed by atoms with E-state index in [0.29, 0.717) is 19.3 Å². The number of aliphatic hydroxyl groups is 9. The third-order valence-electron chi connectivity index (χ3n) is 13.7. The molecule has 0 radical (unpaired) electrons. The topological polar surface area (TPSA) is 485 Å². The van der Waals surface area contributed by atoms with Gasteiger partial charge in [-0.05, 0) is 51.3 Å². The van der Waals surface area contributed by atoms with Gasteiger partial charge in [0.05, 0.1) is 56.0 Å². The quantitative estimate of drug-likeness (QED) is 0.0439. The van der Waals surface area contributed by atoms with Crippen molar-refractivity contribution in [2.75, 3.05) is 13.2 Å². The van der Waals surface area contributed by atoms with Crippen molar-refractivity contribution in [2.45, 2.75) is 258 Å². The second-order valence-electron chi connectivity index (χ2n) is 21.4. The number of ether oxygens (including phenoxy) is 12. The van der Waals surface area contributed by atoms with E-state index in [-0.39, 0.29) is 87.5 Å². The fourth-order valence-electron chi connectivity index (χ4n) is 9.23. The number of carbonyl (C=O) groups excluding carboxylic acids is 9. The molecule has 0 saturated carbocycles. The largest absolute Gasteiger partial charge is 0.494 e. The molecule has 10 unspecified atom stereocenters. The van der Waals surface area contributed by atoms with Crippen LogP contribution in [0.4, 0.5) is 0 Å². The molecule has 4 saturated heterocycles. The third kappa shape index (κ3) is 35.6. The Morgan fingerprint density at radius 2 is 0.875 bits per heavy atom. The van der Waals surface area contributed by atoms with Crippen molar-refractivity contribution in [3.8, 4) is 0 Å². The summed E-state index contributed by atoms with van der Waals surface area (Å²) in [6, 6.07) is 7.83. The monoisotopic (exact) mass is 1480 g/mol. The van der Waals surface area contributed by atoms with Gasteiger partial charge in [0, 0.05) is 92.7 Å². The van der Waals surface area contributed by atoms with Crippen molar-refractivity contribution < 1.29 is 165 Å². The van der Waals surface area contributed by atoms with Crippen LogP contribution in [0.3, 0.4) is 0 Å². The van der Waals surface area contributed by atoms with Crippen LogP contribution in [0.25, 0.3) is 0 Å². The number of aliphatic hydroxyl groups excluding tert-OH is 9. The van der Waals surface area contributed by atoms with Gasteiger partial charge in [0.2, 0.25) is 5.91 Å². The van der Waals surface area contributed by atoms with Gasteiger partial charge in [0.15, 0.2) is 43.1 Å². The van der Waals surface area contributed by atoms with E-state index in [1.165, 1.54) is 68.6 Å². The summed E-state index contributed by atoms with van der Waals surface area (Å²) in [6.07, 6.45) is -11.8. The second kappa shape index (κ2) is 50.2. The first-order valence-electron chi connectivity index (χ1n) is 29.7. The Bertz CT molecular complexity index is 2410. The standard InChI is InChI=1S/C14H23NO6.C13H22O5.C11H16O5.C6H5Cl.C6H13NO5.C6H12O6.C4H6O3.CH3.ClH.Zn/c1-6-11-13(20-9(4)17)14(21-10(5)18)12(7(2)19-11)15-8(3)16;1-6-11-13(18-10(5)15)12(17-9(4)14)7(2)8(3)16-11;1-4-9-11(16-8(3)13)10(5-6-14-9)15-7(2)12;7-6-4-2-1-3-5-6;7-3-5(10)4(9)2(1-8)12-6(3)11;7-1-2-3(8)4(9)5(10)6(11)12-2;1-3(5)7-4(2)6;;;/h7,11-14H,6H2,1-5H3,(H,15,16);7-8,11-13H,6H2,1-5H3;5-6,9-11H,4H2,1-3H3;1-5H;2-6,8-11H,1,7H2;2-11H,1H2;1-2H3;1H3;1H;/q;;;;;;;-1;;/t7-,11?,12?,13+,14+;7?,8-,11?,12+,13+;9?,10?,11-;;2?,3?,4-,5-,6-;2?,3-,4+,5?,6-;;;;/m110.00..../s1. The number of nitrogens with two attached hydrogens (primary N) is 1. The van der Waals surface area contributed by atoms with Crippen molar-refractivity contribution in [3.63, 3.8) is 0 Å². The van der Waals surface area contributed by atoms with Crippen molar-refractivity contribution in [1.82, 2.24) is 5.32 Å². The molecule has 12 N–H and O–H groups in total. The van der Waals surface area contributed by atoms with Crippen LogP contribution < -0.4 is 11.1 Å². The maximum Gasteiger partial charge on any atom is 0.310 e. The van der Waals surface area contributed by atoms with Crippen LogP contribution in [0.15, 0.2) is 42.7 Å². The van der Waals surface area contributed by atoms with Gasteiger partial charge in [-0.2, -0.15) is 0 Å². The molecule has 35 heteroatoms. The molecular formula is C61H101Cl2N2O30Zn-. The predicted octanol–water partition coefficient (Wildman–Crippen LogP) is 0.236. The van der Waals surface area contributed by atoms with Crippen LogP contribution in [0, 0.1) is 13.3 Å². The van der Waals surface area contributed by atoms with Gasteiger partial charge in [-0.25, -0.2) is 0 Å². The summed E-state index contributed by atoms with van der Waals surface area (Å²) in [5, 5.41) is 84.2. The molecule has 5 aliphatic rings. The average molecular weight is 1480 g/mol. The van der Waals surface area contributed by atoms with Gasteiger partial charge in [-0.1, -0.05) is 57.5 Å². The van der Waals surface area contributed by atoms with Crippen molar-refractivity contribution in [3.05, 3.63) is 55.1 Å². The van der Waals surface area contributed by atoms with Crippen LogP contribution in [0.1, 0.15) is 123 Å². The smallest absolute Gasteiger partial charge is 0.310 e. The van der Waals surface area contributed by atoms with Gasteiger partial charge in [-0.3, -0.25) is 43.2 Å². The maximum absolute atomic E-state index is 11.4. The van der Waals surface area contributed by atoms with E-state index in [1.54, 1.807) is 13.0 Å². The van der Waals surface area contributed by atoms with Gasteiger partial charge in [0.25, 0.3) is 0 Å². The summed E-state index contributed by atoms with van der Waals surface area (Å²) < 4.78 is 61.5. The normalized spacial score (nSPS) is 32.0. The van der Waals surface area contributed by atoms with E-state index in [0.717, 1.165) is 5.02 Å². The predicted molar refractivity (Wildman–Crippen MR) is 335 cm³/mol. The van der Waals surface area contributed by atoms with E-state index in [1.807, 2.05) is 65.0 Å². The minimum absolute atomic E-state index is 0. The number of hydrogen-bond donors (Lipinski definition) is 11. The molecule has 5 heterocycles. The van der Waals surface area contributed by atoms with E-state index in [4.69, 9.17) is 100 Å². The Morgan fingerprint density at radius 1 is 0.490 bits per heavy atom. The number of carbonyl (C=O) groups is 9. The van der Waals surface area contributed by atoms with Crippen LogP contribution in [0.2, 0.25) is 5.02 Å². The van der Waals surface area contributed by atoms with E-state index >= 15 is 0 Å². The summed E-state index contributed by atoms with van der Waals surface area (Å²) >= 11 is 5.54. The molecule has 0 aromatic heterocycles. The Balaban J connectivity index is -0.000000526. The molecule has 1 aromatic carbocycles. The van der Waals surface area contributed by atoms with Gasteiger partial charge in [-0.15, -0.1) is 12.4 Å². The fourth-order valence-corrected chi connectivity index (χ4v) is 9.38. The van der Waals surface area contributed by atoms with Crippen molar-refractivity contribution in [1.29, 1.82) is 0 Å². The van der Waals surface area contributed by atoms with Crippen LogP contribution in [-0.2, 0) is 119 Å². The molecular weight excluding hydrogens is 1380 g/mol. The summed E-state index contributed by atoms with van der Waals surface area (Å²) in [6.45, 7) is 22.0. The number of nitrogens with one attached hydrogen (secondary N) is 1. The Labute approximate surface area is 583 Å². The van der Waals surface area contributed by atoms with E-state index < -0.39 is 159 Å². The number of halogens is 2. The van der Waals surface area contributed by atoms with Crippen LogP contribution in [0.5, 0.6) is 0 Å². The maximum atomic E-state index is 11.4. The zero-order chi connectivity index (χ0) is 71.7. The first-order chi connectivity index (χ1) is 43.3. The molecule has 32 nitrogen and oxygen atoms in total. The molecule has 23 atom stereocenters. The molecule has 96 heavy (non-hydrogen) atoms. The second-order valence-corrected chi connectivity index (χ2v) is 21.9. The molecule has 1 amide bonds.